The lowest BCUT2D eigenvalue weighted by Gasteiger charge is -2.32. The Morgan fingerprint density at radius 2 is 2.17 bits per heavy atom. The van der Waals surface area contributed by atoms with Crippen molar-refractivity contribution in [2.45, 2.75) is 25.3 Å². The van der Waals surface area contributed by atoms with Crippen LogP contribution in [0, 0.1) is 0 Å². The van der Waals surface area contributed by atoms with Crippen LogP contribution in [-0.2, 0) is 11.2 Å². The maximum absolute atomic E-state index is 12.5. The van der Waals surface area contributed by atoms with Gasteiger partial charge in [-0.1, -0.05) is 11.6 Å². The molecule has 0 bridgehead atoms. The molecule has 128 valence electrons. The van der Waals surface area contributed by atoms with Crippen LogP contribution in [0.5, 0.6) is 11.5 Å². The SMILES string of the molecule is CNC1CCCN(C(=O)Cc2cc(Cl)c3c(c2)OCCO3)C1.Cl. The summed E-state index contributed by atoms with van der Waals surface area (Å²) in [6.07, 6.45) is 2.50. The second-order valence-corrected chi connectivity index (χ2v) is 6.15. The van der Waals surface area contributed by atoms with E-state index in [-0.39, 0.29) is 18.3 Å². The summed E-state index contributed by atoms with van der Waals surface area (Å²) in [5, 5.41) is 3.76. The van der Waals surface area contributed by atoms with Crippen molar-refractivity contribution in [3.05, 3.63) is 22.7 Å². The number of carbonyl (C=O) groups is 1. The van der Waals surface area contributed by atoms with E-state index in [2.05, 4.69) is 5.32 Å². The molecular formula is C16H22Cl2N2O3. The van der Waals surface area contributed by atoms with Crippen molar-refractivity contribution in [2.24, 2.45) is 0 Å². The largest absolute Gasteiger partial charge is 0.486 e. The van der Waals surface area contributed by atoms with E-state index >= 15 is 0 Å². The van der Waals surface area contributed by atoms with Gasteiger partial charge in [-0.15, -0.1) is 12.4 Å². The highest BCUT2D eigenvalue weighted by atomic mass is 35.5. The Bertz CT molecular complexity index is 569. The molecule has 0 aliphatic carbocycles. The summed E-state index contributed by atoms with van der Waals surface area (Å²) < 4.78 is 11.1. The normalized spacial score (nSPS) is 19.9. The number of hydrogen-bond acceptors (Lipinski definition) is 4. The molecule has 1 N–H and O–H groups in total. The van der Waals surface area contributed by atoms with Gasteiger partial charge in [0.2, 0.25) is 5.91 Å². The highest BCUT2D eigenvalue weighted by molar-refractivity contribution is 6.32. The standard InChI is InChI=1S/C16H21ClN2O3.ClH/c1-18-12-3-2-4-19(10-12)15(20)9-11-7-13(17)16-14(8-11)21-5-6-22-16;/h7-8,12,18H,2-6,9-10H2,1H3;1H. The lowest BCUT2D eigenvalue weighted by Crippen LogP contribution is -2.47. The maximum atomic E-state index is 12.5. The summed E-state index contributed by atoms with van der Waals surface area (Å²) in [6.45, 7) is 2.61. The molecule has 1 unspecified atom stereocenters. The number of benzene rings is 1. The van der Waals surface area contributed by atoms with Crippen LogP contribution in [0.3, 0.4) is 0 Å². The zero-order valence-corrected chi connectivity index (χ0v) is 14.7. The van der Waals surface area contributed by atoms with Crippen LogP contribution in [0.2, 0.25) is 5.02 Å². The first-order valence-electron chi connectivity index (χ1n) is 7.70. The molecule has 3 rings (SSSR count). The fourth-order valence-corrected chi connectivity index (χ4v) is 3.28. The fourth-order valence-electron chi connectivity index (χ4n) is 2.99. The molecule has 2 aliphatic heterocycles. The molecule has 1 amide bonds. The van der Waals surface area contributed by atoms with Gasteiger partial charge >= 0.3 is 0 Å². The summed E-state index contributed by atoms with van der Waals surface area (Å²) >= 11 is 6.22. The van der Waals surface area contributed by atoms with Crippen molar-refractivity contribution >= 4 is 29.9 Å². The first kappa shape index (κ1) is 18.2. The molecule has 5 nitrogen and oxygen atoms in total. The number of nitrogens with one attached hydrogen (secondary N) is 1. The van der Waals surface area contributed by atoms with Gasteiger partial charge in [0.25, 0.3) is 0 Å². The molecule has 2 aliphatic rings. The van der Waals surface area contributed by atoms with Crippen LogP contribution in [0.4, 0.5) is 0 Å². The van der Waals surface area contributed by atoms with Crippen molar-refractivity contribution in [2.75, 3.05) is 33.4 Å². The smallest absolute Gasteiger partial charge is 0.227 e. The second-order valence-electron chi connectivity index (χ2n) is 5.75. The minimum Gasteiger partial charge on any atom is -0.486 e. The average molecular weight is 361 g/mol. The predicted octanol–water partition coefficient (Wildman–Crippen LogP) is 2.29. The van der Waals surface area contributed by atoms with Gasteiger partial charge in [0.05, 0.1) is 11.4 Å². The molecule has 1 fully saturated rings. The van der Waals surface area contributed by atoms with Crippen molar-refractivity contribution in [1.82, 2.24) is 10.2 Å². The Labute approximate surface area is 147 Å². The topological polar surface area (TPSA) is 50.8 Å². The third kappa shape index (κ3) is 4.22. The van der Waals surface area contributed by atoms with Gasteiger partial charge in [0.1, 0.15) is 13.2 Å². The summed E-state index contributed by atoms with van der Waals surface area (Å²) in [5.74, 6) is 1.35. The number of ether oxygens (including phenoxy) is 2. The summed E-state index contributed by atoms with van der Waals surface area (Å²) in [7, 11) is 1.94. The van der Waals surface area contributed by atoms with E-state index in [0.29, 0.717) is 42.2 Å². The number of carbonyl (C=O) groups excluding carboxylic acids is 1. The van der Waals surface area contributed by atoms with E-state index in [1.807, 2.05) is 18.0 Å². The van der Waals surface area contributed by atoms with Gasteiger partial charge in [0.15, 0.2) is 11.5 Å². The first-order chi connectivity index (χ1) is 10.7. The monoisotopic (exact) mass is 360 g/mol. The Morgan fingerprint density at radius 1 is 1.39 bits per heavy atom. The van der Waals surface area contributed by atoms with Crippen LogP contribution in [-0.4, -0.2) is 50.2 Å². The Hall–Kier alpha value is -1.17. The van der Waals surface area contributed by atoms with Crippen LogP contribution in [0.25, 0.3) is 0 Å². The van der Waals surface area contributed by atoms with E-state index in [9.17, 15) is 4.79 Å². The molecule has 0 spiro atoms. The Morgan fingerprint density at radius 3 is 2.96 bits per heavy atom. The van der Waals surface area contributed by atoms with Gasteiger partial charge in [-0.3, -0.25) is 4.79 Å². The molecule has 2 heterocycles. The second kappa shape index (κ2) is 8.08. The highest BCUT2D eigenvalue weighted by Crippen LogP contribution is 2.38. The number of piperidine rings is 1. The molecular weight excluding hydrogens is 339 g/mol. The summed E-state index contributed by atoms with van der Waals surface area (Å²) in [4.78, 5) is 14.4. The predicted molar refractivity (Wildman–Crippen MR) is 92.1 cm³/mol. The number of nitrogens with zero attached hydrogens (tertiary/aromatic N) is 1. The molecule has 7 heteroatoms. The third-order valence-corrected chi connectivity index (χ3v) is 4.48. The molecule has 1 aromatic carbocycles. The lowest BCUT2D eigenvalue weighted by atomic mass is 10.0. The summed E-state index contributed by atoms with van der Waals surface area (Å²) in [5.41, 5.74) is 0.867. The van der Waals surface area contributed by atoms with Gasteiger partial charge in [-0.25, -0.2) is 0 Å². The van der Waals surface area contributed by atoms with Crippen molar-refractivity contribution < 1.29 is 14.3 Å². The van der Waals surface area contributed by atoms with Crippen LogP contribution < -0.4 is 14.8 Å². The van der Waals surface area contributed by atoms with Crippen LogP contribution >= 0.6 is 24.0 Å². The average Bonchev–Trinajstić information content (AvgIpc) is 2.55. The first-order valence-corrected chi connectivity index (χ1v) is 8.08. The molecule has 1 saturated heterocycles. The van der Waals surface area contributed by atoms with E-state index < -0.39 is 0 Å². The van der Waals surface area contributed by atoms with Gasteiger partial charge in [-0.05, 0) is 37.6 Å². The molecule has 1 aromatic rings. The van der Waals surface area contributed by atoms with Crippen LogP contribution in [0.1, 0.15) is 18.4 Å². The highest BCUT2D eigenvalue weighted by Gasteiger charge is 2.24. The molecule has 1 atom stereocenters. The van der Waals surface area contributed by atoms with Gasteiger partial charge in [-0.2, -0.15) is 0 Å². The number of fused-ring (bicyclic) bond motifs is 1. The number of rotatable bonds is 3. The fraction of sp³-hybridized carbons (Fsp3) is 0.562. The molecule has 0 radical (unpaired) electrons. The Kier molecular flexibility index (Phi) is 6.39. The molecule has 23 heavy (non-hydrogen) atoms. The Balaban J connectivity index is 0.00000192. The summed E-state index contributed by atoms with van der Waals surface area (Å²) in [6, 6.07) is 4.05. The van der Waals surface area contributed by atoms with E-state index in [1.165, 1.54) is 0 Å². The van der Waals surface area contributed by atoms with Gasteiger partial charge in [0, 0.05) is 19.1 Å². The van der Waals surface area contributed by atoms with E-state index in [1.54, 1.807) is 6.07 Å². The van der Waals surface area contributed by atoms with Crippen molar-refractivity contribution in [3.8, 4) is 11.5 Å². The third-order valence-electron chi connectivity index (χ3n) is 4.19. The number of likely N-dealkylation sites (N-methyl/N-ethyl adjacent to an activating group) is 1. The maximum Gasteiger partial charge on any atom is 0.227 e. The minimum absolute atomic E-state index is 0. The number of likely N-dealkylation sites (tertiary alicyclic amines) is 1. The minimum atomic E-state index is 0. The zero-order valence-electron chi connectivity index (χ0n) is 13.1. The van der Waals surface area contributed by atoms with E-state index in [4.69, 9.17) is 21.1 Å². The van der Waals surface area contributed by atoms with Gasteiger partial charge < -0.3 is 19.7 Å². The van der Waals surface area contributed by atoms with Crippen molar-refractivity contribution in [3.63, 3.8) is 0 Å². The zero-order chi connectivity index (χ0) is 15.5. The lowest BCUT2D eigenvalue weighted by molar-refractivity contribution is -0.131. The molecule has 0 aromatic heterocycles. The number of amides is 1. The van der Waals surface area contributed by atoms with Crippen LogP contribution in [0.15, 0.2) is 12.1 Å². The van der Waals surface area contributed by atoms with Crippen molar-refractivity contribution in [1.29, 1.82) is 0 Å². The quantitative estimate of drug-likeness (QED) is 0.898. The molecule has 0 saturated carbocycles. The number of hydrogen-bond donors (Lipinski definition) is 1. The number of halogens is 2. The van der Waals surface area contributed by atoms with E-state index in [0.717, 1.165) is 31.5 Å².